The summed E-state index contributed by atoms with van der Waals surface area (Å²) < 4.78 is 1.69. The molecule has 18 heavy (non-hydrogen) atoms. The maximum atomic E-state index is 12.0. The van der Waals surface area contributed by atoms with E-state index >= 15 is 0 Å². The molecule has 2 rings (SSSR count). The van der Waals surface area contributed by atoms with E-state index < -0.39 is 0 Å². The Balaban J connectivity index is 2.01. The molecule has 0 aromatic carbocycles. The molecular weight excluding hydrogens is 228 g/mol. The average Bonchev–Trinajstić information content (AvgIpc) is 2.82. The van der Waals surface area contributed by atoms with Gasteiger partial charge >= 0.3 is 0 Å². The van der Waals surface area contributed by atoms with E-state index in [4.69, 9.17) is 5.73 Å². The van der Waals surface area contributed by atoms with E-state index in [2.05, 4.69) is 10.4 Å². The number of carbonyl (C=O) groups excluding carboxylic acids is 1. The third kappa shape index (κ3) is 2.68. The summed E-state index contributed by atoms with van der Waals surface area (Å²) in [6, 6.07) is 5.79. The van der Waals surface area contributed by atoms with Gasteiger partial charge in [-0.15, -0.1) is 0 Å². The Morgan fingerprint density at radius 3 is 3.17 bits per heavy atom. The smallest absolute Gasteiger partial charge is 0.255 e. The van der Waals surface area contributed by atoms with Crippen molar-refractivity contribution < 1.29 is 4.79 Å². The Labute approximate surface area is 106 Å². The molecule has 3 N–H and O–H groups in total. The molecule has 2 aromatic rings. The maximum Gasteiger partial charge on any atom is 0.255 e. The van der Waals surface area contributed by atoms with Crippen molar-refractivity contribution in [3.63, 3.8) is 0 Å². The van der Waals surface area contributed by atoms with Crippen LogP contribution in [-0.4, -0.2) is 28.1 Å². The summed E-state index contributed by atoms with van der Waals surface area (Å²) in [6.07, 6.45) is 5.12. The molecule has 0 aliphatic rings. The molecular formula is C13H18N4O. The largest absolute Gasteiger partial charge is 0.352 e. The highest BCUT2D eigenvalue weighted by Crippen LogP contribution is 2.09. The fourth-order valence-corrected chi connectivity index (χ4v) is 1.78. The van der Waals surface area contributed by atoms with Gasteiger partial charge in [0.2, 0.25) is 0 Å². The number of nitrogens with zero attached hydrogens (tertiary/aromatic N) is 2. The van der Waals surface area contributed by atoms with Crippen molar-refractivity contribution in [3.05, 3.63) is 36.2 Å². The number of amides is 1. The first-order chi connectivity index (χ1) is 8.72. The van der Waals surface area contributed by atoms with Crippen LogP contribution < -0.4 is 11.1 Å². The first kappa shape index (κ1) is 12.6. The second-order valence-electron chi connectivity index (χ2n) is 4.30. The Bertz CT molecular complexity index is 535. The first-order valence-corrected chi connectivity index (χ1v) is 6.18. The summed E-state index contributed by atoms with van der Waals surface area (Å²) in [6.45, 7) is 2.63. The number of pyridine rings is 1. The molecule has 5 heteroatoms. The molecule has 0 saturated carbocycles. The number of carbonyl (C=O) groups is 1. The fraction of sp³-hybridized carbons (Fsp3) is 0.385. The van der Waals surface area contributed by atoms with Crippen LogP contribution in [0.4, 0.5) is 0 Å². The molecule has 5 nitrogen and oxygen atoms in total. The SMILES string of the molecule is CCC(N)CCNC(=O)c1cnn2ccccc12. The minimum atomic E-state index is -0.0977. The number of hydrogen-bond donors (Lipinski definition) is 2. The Morgan fingerprint density at radius 1 is 1.56 bits per heavy atom. The lowest BCUT2D eigenvalue weighted by Crippen LogP contribution is -2.29. The minimum absolute atomic E-state index is 0.0977. The molecule has 0 radical (unpaired) electrons. The number of fused-ring (bicyclic) bond motifs is 1. The van der Waals surface area contributed by atoms with E-state index in [1.54, 1.807) is 10.7 Å². The van der Waals surface area contributed by atoms with Gasteiger partial charge in [0.15, 0.2) is 0 Å². The summed E-state index contributed by atoms with van der Waals surface area (Å²) in [4.78, 5) is 12.0. The van der Waals surface area contributed by atoms with Crippen molar-refractivity contribution >= 4 is 11.4 Å². The van der Waals surface area contributed by atoms with Gasteiger partial charge in [-0.3, -0.25) is 4.79 Å². The van der Waals surface area contributed by atoms with Crippen LogP contribution in [0.1, 0.15) is 30.1 Å². The van der Waals surface area contributed by atoms with Gasteiger partial charge < -0.3 is 11.1 Å². The molecule has 0 spiro atoms. The molecule has 2 heterocycles. The Kier molecular flexibility index (Phi) is 3.94. The van der Waals surface area contributed by atoms with Crippen LogP contribution in [0.5, 0.6) is 0 Å². The van der Waals surface area contributed by atoms with Gasteiger partial charge in [0.05, 0.1) is 17.3 Å². The van der Waals surface area contributed by atoms with E-state index in [0.717, 1.165) is 18.4 Å². The summed E-state index contributed by atoms with van der Waals surface area (Å²) in [5, 5.41) is 7.00. The maximum absolute atomic E-state index is 12.0. The minimum Gasteiger partial charge on any atom is -0.352 e. The molecule has 2 aromatic heterocycles. The summed E-state index contributed by atoms with van der Waals surface area (Å²) >= 11 is 0. The monoisotopic (exact) mass is 246 g/mol. The van der Waals surface area contributed by atoms with E-state index in [1.807, 2.05) is 31.3 Å². The standard InChI is InChI=1S/C13H18N4O/c1-2-10(14)6-7-15-13(18)11-9-16-17-8-4-3-5-12(11)17/h3-5,8-10H,2,6-7,14H2,1H3,(H,15,18). The lowest BCUT2D eigenvalue weighted by Gasteiger charge is -2.09. The normalized spacial score (nSPS) is 12.6. The molecule has 0 aliphatic carbocycles. The quantitative estimate of drug-likeness (QED) is 0.832. The van der Waals surface area contributed by atoms with Crippen LogP contribution in [0.15, 0.2) is 30.6 Å². The second-order valence-corrected chi connectivity index (χ2v) is 4.30. The van der Waals surface area contributed by atoms with Crippen molar-refractivity contribution in [2.24, 2.45) is 5.73 Å². The predicted octanol–water partition coefficient (Wildman–Crippen LogP) is 1.19. The predicted molar refractivity (Wildman–Crippen MR) is 70.4 cm³/mol. The lowest BCUT2D eigenvalue weighted by molar-refractivity contribution is 0.0954. The van der Waals surface area contributed by atoms with Gasteiger partial charge in [-0.25, -0.2) is 4.52 Å². The van der Waals surface area contributed by atoms with Crippen molar-refractivity contribution in [1.29, 1.82) is 0 Å². The topological polar surface area (TPSA) is 72.4 Å². The van der Waals surface area contributed by atoms with E-state index in [9.17, 15) is 4.79 Å². The second kappa shape index (κ2) is 5.64. The van der Waals surface area contributed by atoms with Gasteiger partial charge in [-0.05, 0) is 25.0 Å². The van der Waals surface area contributed by atoms with Crippen molar-refractivity contribution in [2.45, 2.75) is 25.8 Å². The highest BCUT2D eigenvalue weighted by Gasteiger charge is 2.11. The third-order valence-electron chi connectivity index (χ3n) is 3.00. The summed E-state index contributed by atoms with van der Waals surface area (Å²) in [5.74, 6) is -0.0977. The highest BCUT2D eigenvalue weighted by atomic mass is 16.1. The molecule has 1 atom stereocenters. The zero-order chi connectivity index (χ0) is 13.0. The van der Waals surface area contributed by atoms with Gasteiger partial charge in [0.1, 0.15) is 0 Å². The molecule has 0 aliphatic heterocycles. The molecule has 0 bridgehead atoms. The summed E-state index contributed by atoms with van der Waals surface area (Å²) in [7, 11) is 0. The van der Waals surface area contributed by atoms with Crippen LogP contribution in [0, 0.1) is 0 Å². The fourth-order valence-electron chi connectivity index (χ4n) is 1.78. The van der Waals surface area contributed by atoms with Crippen molar-refractivity contribution in [3.8, 4) is 0 Å². The highest BCUT2D eigenvalue weighted by molar-refractivity contribution is 6.00. The molecule has 0 saturated heterocycles. The molecule has 1 amide bonds. The van der Waals surface area contributed by atoms with Crippen LogP contribution in [0.3, 0.4) is 0 Å². The van der Waals surface area contributed by atoms with Crippen molar-refractivity contribution in [2.75, 3.05) is 6.54 Å². The summed E-state index contributed by atoms with van der Waals surface area (Å²) in [5.41, 5.74) is 7.21. The Morgan fingerprint density at radius 2 is 2.39 bits per heavy atom. The van der Waals surface area contributed by atoms with E-state index in [-0.39, 0.29) is 11.9 Å². The zero-order valence-electron chi connectivity index (χ0n) is 10.5. The van der Waals surface area contributed by atoms with E-state index in [0.29, 0.717) is 12.1 Å². The average molecular weight is 246 g/mol. The number of nitrogens with one attached hydrogen (secondary N) is 1. The number of aromatic nitrogens is 2. The first-order valence-electron chi connectivity index (χ1n) is 6.18. The van der Waals surface area contributed by atoms with Crippen LogP contribution in [0.25, 0.3) is 5.52 Å². The van der Waals surface area contributed by atoms with Crippen molar-refractivity contribution in [1.82, 2.24) is 14.9 Å². The number of rotatable bonds is 5. The van der Waals surface area contributed by atoms with Gasteiger partial charge in [0, 0.05) is 18.8 Å². The lowest BCUT2D eigenvalue weighted by atomic mass is 10.1. The van der Waals surface area contributed by atoms with Crippen LogP contribution in [0.2, 0.25) is 0 Å². The van der Waals surface area contributed by atoms with Gasteiger partial charge in [0.25, 0.3) is 5.91 Å². The molecule has 1 unspecified atom stereocenters. The van der Waals surface area contributed by atoms with Crippen LogP contribution >= 0.6 is 0 Å². The van der Waals surface area contributed by atoms with E-state index in [1.165, 1.54) is 0 Å². The van der Waals surface area contributed by atoms with Gasteiger partial charge in [-0.1, -0.05) is 13.0 Å². The van der Waals surface area contributed by atoms with Crippen LogP contribution in [-0.2, 0) is 0 Å². The van der Waals surface area contributed by atoms with Gasteiger partial charge in [-0.2, -0.15) is 5.10 Å². The number of nitrogens with two attached hydrogens (primary N) is 1. The molecule has 96 valence electrons. The Hall–Kier alpha value is -1.88. The molecule has 0 fully saturated rings. The number of hydrogen-bond acceptors (Lipinski definition) is 3. The third-order valence-corrected chi connectivity index (χ3v) is 3.00. The zero-order valence-corrected chi connectivity index (χ0v) is 10.5.